The van der Waals surface area contributed by atoms with Gasteiger partial charge < -0.3 is 5.11 Å². The summed E-state index contributed by atoms with van der Waals surface area (Å²) in [4.78, 5) is 10.9. The summed E-state index contributed by atoms with van der Waals surface area (Å²) in [6, 6.07) is 6.07. The third-order valence-corrected chi connectivity index (χ3v) is 4.48. The average molecular weight is 297 g/mol. The van der Waals surface area contributed by atoms with Crippen molar-refractivity contribution in [3.8, 4) is 0 Å². The lowest BCUT2D eigenvalue weighted by Crippen LogP contribution is -2.32. The second-order valence-corrected chi connectivity index (χ2v) is 6.38. The zero-order valence-corrected chi connectivity index (χ0v) is 12.4. The maximum atomic E-state index is 12.1. The fourth-order valence-corrected chi connectivity index (χ4v) is 2.96. The molecule has 0 saturated heterocycles. The van der Waals surface area contributed by atoms with E-state index < -0.39 is 16.0 Å². The first-order valence-corrected chi connectivity index (χ1v) is 7.77. The second-order valence-electron chi connectivity index (χ2n) is 4.66. The number of rotatable bonds is 7. The van der Waals surface area contributed by atoms with Crippen molar-refractivity contribution in [2.24, 2.45) is 0 Å². The number of hydrogen-bond acceptors (Lipinski definition) is 3. The summed E-state index contributed by atoms with van der Waals surface area (Å²) in [5.74, 6) is -1.09. The van der Waals surface area contributed by atoms with Gasteiger partial charge >= 0.3 is 5.97 Å². The predicted octanol–water partition coefficient (Wildman–Crippen LogP) is 1.95. The van der Waals surface area contributed by atoms with Crippen LogP contribution in [0.25, 0.3) is 0 Å². The summed E-state index contributed by atoms with van der Waals surface area (Å²) >= 11 is 0. The summed E-state index contributed by atoms with van der Waals surface area (Å²) in [7, 11) is -3.58. The molecule has 0 fully saturated rings. The van der Waals surface area contributed by atoms with Crippen molar-refractivity contribution < 1.29 is 18.3 Å². The van der Waals surface area contributed by atoms with Gasteiger partial charge in [0.2, 0.25) is 10.0 Å². The highest BCUT2D eigenvalue weighted by Crippen LogP contribution is 2.15. The zero-order valence-electron chi connectivity index (χ0n) is 11.6. The molecule has 0 saturated carbocycles. The quantitative estimate of drug-likeness (QED) is 0.753. The lowest BCUT2D eigenvalue weighted by atomic mass is 10.1. The molecular weight excluding hydrogens is 278 g/mol. The van der Waals surface area contributed by atoms with Crippen molar-refractivity contribution in [1.82, 2.24) is 4.72 Å². The SMILES string of the molecule is C=C(Cc1cccc(S(=O)(=O)NC(C)CC)c1)C(=O)O. The van der Waals surface area contributed by atoms with E-state index in [2.05, 4.69) is 11.3 Å². The summed E-state index contributed by atoms with van der Waals surface area (Å²) < 4.78 is 26.8. The zero-order chi connectivity index (χ0) is 15.3. The van der Waals surface area contributed by atoms with Crippen molar-refractivity contribution in [2.75, 3.05) is 0 Å². The highest BCUT2D eigenvalue weighted by molar-refractivity contribution is 7.89. The average Bonchev–Trinajstić information content (AvgIpc) is 2.38. The largest absolute Gasteiger partial charge is 0.478 e. The third-order valence-electron chi connectivity index (χ3n) is 2.90. The summed E-state index contributed by atoms with van der Waals surface area (Å²) in [6.07, 6.45) is 0.802. The van der Waals surface area contributed by atoms with E-state index in [1.54, 1.807) is 19.1 Å². The normalized spacial score (nSPS) is 12.9. The molecule has 5 nitrogen and oxygen atoms in total. The Labute approximate surface area is 119 Å². The third kappa shape index (κ3) is 4.47. The van der Waals surface area contributed by atoms with Gasteiger partial charge in [0.05, 0.1) is 4.90 Å². The molecule has 1 atom stereocenters. The molecule has 20 heavy (non-hydrogen) atoms. The van der Waals surface area contributed by atoms with Crippen LogP contribution in [0.5, 0.6) is 0 Å². The molecule has 1 rings (SSSR count). The monoisotopic (exact) mass is 297 g/mol. The molecule has 0 heterocycles. The minimum atomic E-state index is -3.58. The molecular formula is C14H19NO4S. The van der Waals surface area contributed by atoms with E-state index in [9.17, 15) is 13.2 Å². The van der Waals surface area contributed by atoms with Crippen LogP contribution in [0.3, 0.4) is 0 Å². The Kier molecular flexibility index (Phi) is 5.47. The minimum Gasteiger partial charge on any atom is -0.478 e. The van der Waals surface area contributed by atoms with E-state index in [0.717, 1.165) is 0 Å². The fourth-order valence-electron chi connectivity index (χ4n) is 1.56. The van der Waals surface area contributed by atoms with Gasteiger partial charge in [-0.15, -0.1) is 0 Å². The first-order chi connectivity index (χ1) is 9.26. The Morgan fingerprint density at radius 2 is 2.10 bits per heavy atom. The summed E-state index contributed by atoms with van der Waals surface area (Å²) in [5, 5.41) is 8.79. The number of sulfonamides is 1. The van der Waals surface area contributed by atoms with Crippen LogP contribution in [0, 0.1) is 0 Å². The number of nitrogens with one attached hydrogen (secondary N) is 1. The molecule has 0 aromatic heterocycles. The Morgan fingerprint density at radius 3 is 2.65 bits per heavy atom. The van der Waals surface area contributed by atoms with Crippen LogP contribution < -0.4 is 4.72 Å². The minimum absolute atomic E-state index is 0.0226. The number of carbonyl (C=O) groups is 1. The van der Waals surface area contributed by atoms with Gasteiger partial charge in [-0.3, -0.25) is 0 Å². The molecule has 0 aliphatic carbocycles. The number of benzene rings is 1. The van der Waals surface area contributed by atoms with E-state index in [0.29, 0.717) is 12.0 Å². The van der Waals surface area contributed by atoms with Gasteiger partial charge in [-0.05, 0) is 31.0 Å². The van der Waals surface area contributed by atoms with Gasteiger partial charge in [0.15, 0.2) is 0 Å². The summed E-state index contributed by atoms with van der Waals surface area (Å²) in [6.45, 7) is 7.11. The maximum absolute atomic E-state index is 12.1. The number of hydrogen-bond donors (Lipinski definition) is 2. The van der Waals surface area contributed by atoms with Crippen LogP contribution >= 0.6 is 0 Å². The standard InChI is InChI=1S/C14H19NO4S/c1-4-11(3)15-20(18,19)13-7-5-6-12(9-13)8-10(2)14(16)17/h5-7,9,11,15H,2,4,8H2,1,3H3,(H,16,17). The molecule has 0 aliphatic rings. The molecule has 0 spiro atoms. The predicted molar refractivity (Wildman–Crippen MR) is 77.0 cm³/mol. The molecule has 2 N–H and O–H groups in total. The van der Waals surface area contributed by atoms with Gasteiger partial charge in [0.25, 0.3) is 0 Å². The first-order valence-electron chi connectivity index (χ1n) is 6.28. The Hall–Kier alpha value is -1.66. The highest BCUT2D eigenvalue weighted by atomic mass is 32.2. The molecule has 1 aromatic carbocycles. The maximum Gasteiger partial charge on any atom is 0.331 e. The van der Waals surface area contributed by atoms with Crippen molar-refractivity contribution in [1.29, 1.82) is 0 Å². The van der Waals surface area contributed by atoms with Gasteiger partial charge in [-0.2, -0.15) is 0 Å². The molecule has 110 valence electrons. The number of carboxylic acids is 1. The van der Waals surface area contributed by atoms with Crippen LogP contribution in [0.1, 0.15) is 25.8 Å². The van der Waals surface area contributed by atoms with Gasteiger partial charge in [-0.25, -0.2) is 17.9 Å². The lowest BCUT2D eigenvalue weighted by molar-refractivity contribution is -0.132. The Bertz CT molecular complexity index is 607. The van der Waals surface area contributed by atoms with Crippen LogP contribution in [0.2, 0.25) is 0 Å². The van der Waals surface area contributed by atoms with Crippen LogP contribution in [0.4, 0.5) is 0 Å². The van der Waals surface area contributed by atoms with Crippen LogP contribution in [-0.4, -0.2) is 25.5 Å². The lowest BCUT2D eigenvalue weighted by Gasteiger charge is -2.12. The van der Waals surface area contributed by atoms with Crippen LogP contribution in [0.15, 0.2) is 41.3 Å². The van der Waals surface area contributed by atoms with Crippen molar-refractivity contribution in [3.63, 3.8) is 0 Å². The highest BCUT2D eigenvalue weighted by Gasteiger charge is 2.17. The van der Waals surface area contributed by atoms with Gasteiger partial charge in [-0.1, -0.05) is 25.6 Å². The molecule has 0 amide bonds. The first kappa shape index (κ1) is 16.4. The molecule has 6 heteroatoms. The Balaban J connectivity index is 2.98. The second kappa shape index (κ2) is 6.67. The molecule has 1 aromatic rings. The van der Waals surface area contributed by atoms with Crippen molar-refractivity contribution in [2.45, 2.75) is 37.6 Å². The van der Waals surface area contributed by atoms with Crippen molar-refractivity contribution >= 4 is 16.0 Å². The van der Waals surface area contributed by atoms with E-state index in [-0.39, 0.29) is 22.9 Å². The van der Waals surface area contributed by atoms with E-state index in [1.807, 2.05) is 6.92 Å². The van der Waals surface area contributed by atoms with E-state index >= 15 is 0 Å². The molecule has 0 bridgehead atoms. The smallest absolute Gasteiger partial charge is 0.331 e. The van der Waals surface area contributed by atoms with Crippen LogP contribution in [-0.2, 0) is 21.2 Å². The molecule has 0 radical (unpaired) electrons. The van der Waals surface area contributed by atoms with Gasteiger partial charge in [0.1, 0.15) is 0 Å². The Morgan fingerprint density at radius 1 is 1.45 bits per heavy atom. The van der Waals surface area contributed by atoms with E-state index in [4.69, 9.17) is 5.11 Å². The fraction of sp³-hybridized carbons (Fsp3) is 0.357. The molecule has 0 aliphatic heterocycles. The number of aliphatic carboxylic acids is 1. The van der Waals surface area contributed by atoms with E-state index in [1.165, 1.54) is 12.1 Å². The number of carboxylic acid groups (broad SMARTS) is 1. The topological polar surface area (TPSA) is 83.5 Å². The van der Waals surface area contributed by atoms with Gasteiger partial charge in [0, 0.05) is 18.0 Å². The van der Waals surface area contributed by atoms with Crippen molar-refractivity contribution in [3.05, 3.63) is 42.0 Å². The summed E-state index contributed by atoms with van der Waals surface area (Å²) in [5.41, 5.74) is 0.624. The molecule has 1 unspecified atom stereocenters.